The van der Waals surface area contributed by atoms with E-state index in [9.17, 15) is 19.2 Å². The molecule has 0 bridgehead atoms. The van der Waals surface area contributed by atoms with Gasteiger partial charge in [0.1, 0.15) is 17.5 Å². The van der Waals surface area contributed by atoms with Crippen LogP contribution >= 0.6 is 23.1 Å². The molecule has 11 heteroatoms. The number of nitrogens with zero attached hydrogens (tertiary/aromatic N) is 3. The van der Waals surface area contributed by atoms with Crippen molar-refractivity contribution in [2.24, 2.45) is 5.92 Å². The third kappa shape index (κ3) is 3.94. The summed E-state index contributed by atoms with van der Waals surface area (Å²) >= 11 is 2.15. The number of imide groups is 1. The van der Waals surface area contributed by atoms with Gasteiger partial charge in [-0.15, -0.1) is 0 Å². The first-order chi connectivity index (χ1) is 16.9. The molecule has 2 aromatic heterocycles. The van der Waals surface area contributed by atoms with Crippen LogP contribution in [0.15, 0.2) is 58.6 Å². The van der Waals surface area contributed by atoms with Crippen LogP contribution in [0.25, 0.3) is 0 Å². The minimum absolute atomic E-state index is 0.194. The Labute approximate surface area is 208 Å². The molecule has 0 spiro atoms. The van der Waals surface area contributed by atoms with Gasteiger partial charge >= 0.3 is 10.8 Å². The van der Waals surface area contributed by atoms with Gasteiger partial charge in [-0.3, -0.25) is 28.7 Å². The normalized spacial score (nSPS) is 21.0. The summed E-state index contributed by atoms with van der Waals surface area (Å²) in [4.78, 5) is 58.2. The number of benzene rings is 1. The maximum Gasteiger partial charge on any atom is 0.326 e. The molecule has 2 amide bonds. The largest absolute Gasteiger partial charge is 0.497 e. The highest BCUT2D eigenvalue weighted by molar-refractivity contribution is 8.00. The predicted octanol–water partition coefficient (Wildman–Crippen LogP) is 2.67. The fraction of sp³-hybridized carbons (Fsp3) is 0.292. The van der Waals surface area contributed by atoms with Crippen LogP contribution in [0.4, 0.5) is 5.69 Å². The van der Waals surface area contributed by atoms with Crippen molar-refractivity contribution in [1.29, 1.82) is 0 Å². The lowest BCUT2D eigenvalue weighted by Gasteiger charge is -2.30. The van der Waals surface area contributed by atoms with Gasteiger partial charge in [0, 0.05) is 23.2 Å². The number of aromatic nitrogens is 2. The van der Waals surface area contributed by atoms with Gasteiger partial charge < -0.3 is 9.47 Å². The van der Waals surface area contributed by atoms with Crippen molar-refractivity contribution >= 4 is 46.6 Å². The topological polar surface area (TPSA) is 108 Å². The lowest BCUT2D eigenvalue weighted by molar-refractivity contribution is -0.144. The van der Waals surface area contributed by atoms with E-state index in [4.69, 9.17) is 9.47 Å². The Kier molecular flexibility index (Phi) is 6.20. The number of ether oxygens (including phenoxy) is 2. The molecule has 2 aliphatic heterocycles. The van der Waals surface area contributed by atoms with E-state index in [1.165, 1.54) is 9.47 Å². The minimum Gasteiger partial charge on any atom is -0.497 e. The second-order valence-corrected chi connectivity index (χ2v) is 10.1. The van der Waals surface area contributed by atoms with E-state index in [-0.39, 0.29) is 29.8 Å². The van der Waals surface area contributed by atoms with Crippen LogP contribution in [-0.2, 0) is 25.7 Å². The molecule has 5 rings (SSSR count). The SMILES string of the molecule is CCOC(=O)Cn1c2c(sc1=O)[C@@H](c1cccnc1)[C@@H]1C(=O)N(c3ccc(OC)cc3)C(=O)[C@@H]1S2. The summed E-state index contributed by atoms with van der Waals surface area (Å²) in [6, 6.07) is 10.3. The van der Waals surface area contributed by atoms with Crippen molar-refractivity contribution in [3.05, 3.63) is 68.9 Å². The third-order valence-electron chi connectivity index (χ3n) is 6.02. The van der Waals surface area contributed by atoms with Gasteiger partial charge in [-0.1, -0.05) is 29.2 Å². The average Bonchev–Trinajstić information content (AvgIpc) is 3.31. The smallest absolute Gasteiger partial charge is 0.326 e. The zero-order valence-corrected chi connectivity index (χ0v) is 20.5. The maximum atomic E-state index is 13.7. The third-order valence-corrected chi connectivity index (χ3v) is 8.62. The van der Waals surface area contributed by atoms with Crippen molar-refractivity contribution in [3.8, 4) is 5.75 Å². The molecule has 1 saturated heterocycles. The van der Waals surface area contributed by atoms with Gasteiger partial charge in [-0.25, -0.2) is 4.90 Å². The molecule has 0 unspecified atom stereocenters. The Balaban J connectivity index is 1.61. The van der Waals surface area contributed by atoms with E-state index < -0.39 is 23.1 Å². The number of hydrogen-bond donors (Lipinski definition) is 0. The monoisotopic (exact) mass is 511 g/mol. The summed E-state index contributed by atoms with van der Waals surface area (Å²) in [6.45, 7) is 1.63. The lowest BCUT2D eigenvalue weighted by atomic mass is 9.84. The molecule has 0 saturated carbocycles. The second-order valence-electron chi connectivity index (χ2n) is 7.97. The summed E-state index contributed by atoms with van der Waals surface area (Å²) in [5.74, 6) is -1.90. The number of anilines is 1. The fourth-order valence-corrected chi connectivity index (χ4v) is 7.27. The van der Waals surface area contributed by atoms with Crippen LogP contribution in [0.3, 0.4) is 0 Å². The van der Waals surface area contributed by atoms with Gasteiger partial charge in [0.2, 0.25) is 11.8 Å². The number of esters is 1. The van der Waals surface area contributed by atoms with Crippen LogP contribution in [0, 0.1) is 5.92 Å². The number of rotatable bonds is 6. The van der Waals surface area contributed by atoms with Crippen LogP contribution in [0.2, 0.25) is 0 Å². The first-order valence-electron chi connectivity index (χ1n) is 10.9. The van der Waals surface area contributed by atoms with E-state index in [0.717, 1.165) is 28.7 Å². The molecule has 4 heterocycles. The highest BCUT2D eigenvalue weighted by atomic mass is 32.2. The number of thioether (sulfide) groups is 1. The molecule has 0 aliphatic carbocycles. The van der Waals surface area contributed by atoms with Gasteiger partial charge in [0.15, 0.2) is 0 Å². The summed E-state index contributed by atoms with van der Waals surface area (Å²) in [7, 11) is 1.54. The predicted molar refractivity (Wildman–Crippen MR) is 130 cm³/mol. The second kappa shape index (κ2) is 9.31. The standard InChI is InChI=1S/C24H21N3O6S2/c1-3-33-16(28)12-26-23-20(35-24(26)31)17(13-5-4-10-25-11-13)18-19(34-23)22(30)27(21(18)29)14-6-8-15(32-2)9-7-14/h4-11,17-19H,3,12H2,1-2H3/t17-,18-,19+/m0/s1. The summed E-state index contributed by atoms with van der Waals surface area (Å²) < 4.78 is 11.6. The quantitative estimate of drug-likeness (QED) is 0.367. The number of carbonyl (C=O) groups is 3. The molecule has 35 heavy (non-hydrogen) atoms. The van der Waals surface area contributed by atoms with E-state index >= 15 is 0 Å². The lowest BCUT2D eigenvalue weighted by Crippen LogP contribution is -2.32. The fourth-order valence-electron chi connectivity index (χ4n) is 4.50. The van der Waals surface area contributed by atoms with Crippen molar-refractivity contribution < 1.29 is 23.9 Å². The van der Waals surface area contributed by atoms with Crippen LogP contribution < -0.4 is 14.5 Å². The number of amides is 2. The molecule has 1 fully saturated rings. The van der Waals surface area contributed by atoms with E-state index in [1.54, 1.807) is 56.8 Å². The molecule has 0 radical (unpaired) electrons. The van der Waals surface area contributed by atoms with Crippen molar-refractivity contribution in [3.63, 3.8) is 0 Å². The maximum absolute atomic E-state index is 13.7. The number of thiazole rings is 1. The zero-order valence-electron chi connectivity index (χ0n) is 18.9. The number of hydrogen-bond acceptors (Lipinski definition) is 9. The average molecular weight is 512 g/mol. The molecule has 9 nitrogen and oxygen atoms in total. The van der Waals surface area contributed by atoms with Gasteiger partial charge in [0.05, 0.1) is 30.3 Å². The summed E-state index contributed by atoms with van der Waals surface area (Å²) in [5.41, 5.74) is 1.18. The summed E-state index contributed by atoms with van der Waals surface area (Å²) in [6.07, 6.45) is 3.27. The van der Waals surface area contributed by atoms with Crippen molar-refractivity contribution in [2.45, 2.75) is 29.7 Å². The molecule has 1 aromatic carbocycles. The zero-order chi connectivity index (χ0) is 24.7. The number of pyridine rings is 1. The van der Waals surface area contributed by atoms with E-state index in [0.29, 0.717) is 21.3 Å². The first-order valence-corrected chi connectivity index (χ1v) is 12.6. The Bertz CT molecular complexity index is 1350. The Morgan fingerprint density at radius 3 is 2.54 bits per heavy atom. The molecule has 2 aliphatic rings. The van der Waals surface area contributed by atoms with Gasteiger partial charge in [-0.2, -0.15) is 0 Å². The minimum atomic E-state index is -0.759. The Morgan fingerprint density at radius 2 is 1.89 bits per heavy atom. The van der Waals surface area contributed by atoms with E-state index in [2.05, 4.69) is 4.98 Å². The molecular weight excluding hydrogens is 490 g/mol. The van der Waals surface area contributed by atoms with Crippen LogP contribution in [0.5, 0.6) is 5.75 Å². The van der Waals surface area contributed by atoms with Crippen LogP contribution in [-0.4, -0.2) is 46.3 Å². The highest BCUT2D eigenvalue weighted by Crippen LogP contribution is 2.53. The highest BCUT2D eigenvalue weighted by Gasteiger charge is 2.56. The van der Waals surface area contributed by atoms with Crippen LogP contribution in [0.1, 0.15) is 23.3 Å². The van der Waals surface area contributed by atoms with Crippen molar-refractivity contribution in [2.75, 3.05) is 18.6 Å². The molecule has 3 atom stereocenters. The Morgan fingerprint density at radius 1 is 1.11 bits per heavy atom. The van der Waals surface area contributed by atoms with Gasteiger partial charge in [-0.05, 0) is 42.8 Å². The molecule has 0 N–H and O–H groups in total. The number of fused-ring (bicyclic) bond motifs is 2. The van der Waals surface area contributed by atoms with Gasteiger partial charge in [0.25, 0.3) is 0 Å². The first kappa shape index (κ1) is 23.3. The molecule has 180 valence electrons. The molecular formula is C24H21N3O6S2. The van der Waals surface area contributed by atoms with Crippen molar-refractivity contribution in [1.82, 2.24) is 9.55 Å². The summed E-state index contributed by atoms with van der Waals surface area (Å²) in [5, 5.41) is -0.245. The number of methoxy groups -OCH3 is 1. The van der Waals surface area contributed by atoms with E-state index in [1.807, 2.05) is 6.07 Å². The number of carbonyl (C=O) groups excluding carboxylic acids is 3. The Hall–Kier alpha value is -3.44. The molecule has 3 aromatic rings.